The zero-order valence-corrected chi connectivity index (χ0v) is 10.4. The van der Waals surface area contributed by atoms with Crippen LogP contribution in [0.3, 0.4) is 0 Å². The number of carboxylic acid groups (broad SMARTS) is 1. The second-order valence-electron chi connectivity index (χ2n) is 4.53. The highest BCUT2D eigenvalue weighted by Crippen LogP contribution is 2.25. The summed E-state index contributed by atoms with van der Waals surface area (Å²) in [6.07, 6.45) is 5.44. The SMILES string of the molecule is CCN(C(=O)c1cc(C(=O)O)co1)C1CCCC1. The number of nitrogens with zero attached hydrogens (tertiary/aromatic N) is 1. The summed E-state index contributed by atoms with van der Waals surface area (Å²) in [6.45, 7) is 2.55. The molecule has 2 rings (SSSR count). The maximum Gasteiger partial charge on any atom is 0.338 e. The van der Waals surface area contributed by atoms with Gasteiger partial charge in [0.05, 0.1) is 5.56 Å². The maximum absolute atomic E-state index is 12.2. The maximum atomic E-state index is 12.2. The second-order valence-corrected chi connectivity index (χ2v) is 4.53. The number of rotatable bonds is 4. The Labute approximate surface area is 105 Å². The standard InChI is InChI=1S/C13H17NO4/c1-2-14(10-5-3-4-6-10)12(15)11-7-9(8-18-11)13(16)17/h7-8,10H,2-6H2,1H3,(H,16,17). The molecule has 0 unspecified atom stereocenters. The number of furan rings is 1. The first-order valence-corrected chi connectivity index (χ1v) is 6.26. The van der Waals surface area contributed by atoms with Gasteiger partial charge in [-0.25, -0.2) is 4.79 Å². The summed E-state index contributed by atoms with van der Waals surface area (Å²) < 4.78 is 5.06. The van der Waals surface area contributed by atoms with Crippen molar-refractivity contribution in [3.8, 4) is 0 Å². The molecule has 0 bridgehead atoms. The molecule has 1 aliphatic rings. The molecular formula is C13H17NO4. The lowest BCUT2D eigenvalue weighted by Crippen LogP contribution is -2.38. The van der Waals surface area contributed by atoms with Gasteiger partial charge in [-0.15, -0.1) is 0 Å². The van der Waals surface area contributed by atoms with Crippen molar-refractivity contribution in [1.82, 2.24) is 4.90 Å². The predicted octanol–water partition coefficient (Wildman–Crippen LogP) is 2.38. The predicted molar refractivity (Wildman–Crippen MR) is 64.6 cm³/mol. The van der Waals surface area contributed by atoms with Crippen LogP contribution in [0.25, 0.3) is 0 Å². The molecule has 1 aliphatic carbocycles. The van der Waals surface area contributed by atoms with Crippen LogP contribution in [0.5, 0.6) is 0 Å². The van der Waals surface area contributed by atoms with Crippen molar-refractivity contribution in [2.75, 3.05) is 6.54 Å². The fraction of sp³-hybridized carbons (Fsp3) is 0.538. The van der Waals surface area contributed by atoms with Crippen molar-refractivity contribution in [2.24, 2.45) is 0 Å². The van der Waals surface area contributed by atoms with Crippen LogP contribution in [0, 0.1) is 0 Å². The number of aromatic carboxylic acids is 1. The van der Waals surface area contributed by atoms with Crippen LogP contribution >= 0.6 is 0 Å². The lowest BCUT2D eigenvalue weighted by atomic mass is 10.2. The van der Waals surface area contributed by atoms with Crippen LogP contribution in [0.2, 0.25) is 0 Å². The smallest absolute Gasteiger partial charge is 0.338 e. The Hall–Kier alpha value is -1.78. The van der Waals surface area contributed by atoms with E-state index in [2.05, 4.69) is 0 Å². The number of carbonyl (C=O) groups excluding carboxylic acids is 1. The quantitative estimate of drug-likeness (QED) is 0.891. The van der Waals surface area contributed by atoms with Crippen molar-refractivity contribution in [2.45, 2.75) is 38.6 Å². The van der Waals surface area contributed by atoms with E-state index in [4.69, 9.17) is 9.52 Å². The minimum absolute atomic E-state index is 0.0147. The summed E-state index contributed by atoms with van der Waals surface area (Å²) >= 11 is 0. The third-order valence-corrected chi connectivity index (χ3v) is 3.42. The molecule has 5 nitrogen and oxygen atoms in total. The number of hydrogen-bond acceptors (Lipinski definition) is 3. The normalized spacial score (nSPS) is 15.8. The van der Waals surface area contributed by atoms with E-state index in [-0.39, 0.29) is 23.3 Å². The monoisotopic (exact) mass is 251 g/mol. The molecule has 0 saturated heterocycles. The summed E-state index contributed by atoms with van der Waals surface area (Å²) in [5.41, 5.74) is 0.0147. The van der Waals surface area contributed by atoms with E-state index in [0.29, 0.717) is 6.54 Å². The van der Waals surface area contributed by atoms with Crippen molar-refractivity contribution in [3.63, 3.8) is 0 Å². The molecule has 1 fully saturated rings. The number of carbonyl (C=O) groups is 2. The van der Waals surface area contributed by atoms with Gasteiger partial charge in [0.25, 0.3) is 5.91 Å². The molecule has 1 amide bonds. The van der Waals surface area contributed by atoms with Gasteiger partial charge in [-0.2, -0.15) is 0 Å². The van der Waals surface area contributed by atoms with E-state index < -0.39 is 5.97 Å². The molecular weight excluding hydrogens is 234 g/mol. The summed E-state index contributed by atoms with van der Waals surface area (Å²) in [7, 11) is 0. The summed E-state index contributed by atoms with van der Waals surface area (Å²) in [5.74, 6) is -1.18. The van der Waals surface area contributed by atoms with E-state index in [1.54, 1.807) is 4.90 Å². The Morgan fingerprint density at radius 1 is 1.44 bits per heavy atom. The van der Waals surface area contributed by atoms with Crippen molar-refractivity contribution >= 4 is 11.9 Å². The van der Waals surface area contributed by atoms with Gasteiger partial charge >= 0.3 is 5.97 Å². The zero-order chi connectivity index (χ0) is 13.1. The van der Waals surface area contributed by atoms with Gasteiger partial charge in [0, 0.05) is 18.7 Å². The van der Waals surface area contributed by atoms with E-state index in [1.807, 2.05) is 6.92 Å². The van der Waals surface area contributed by atoms with Gasteiger partial charge in [0.1, 0.15) is 6.26 Å². The van der Waals surface area contributed by atoms with Gasteiger partial charge in [-0.3, -0.25) is 4.79 Å². The molecule has 0 atom stereocenters. The van der Waals surface area contributed by atoms with Gasteiger partial charge in [-0.05, 0) is 19.8 Å². The summed E-state index contributed by atoms with van der Waals surface area (Å²) in [6, 6.07) is 1.56. The Morgan fingerprint density at radius 3 is 2.61 bits per heavy atom. The first-order chi connectivity index (χ1) is 8.63. The lowest BCUT2D eigenvalue weighted by Gasteiger charge is -2.26. The van der Waals surface area contributed by atoms with Gasteiger partial charge < -0.3 is 14.4 Å². The molecule has 1 N–H and O–H groups in total. The number of carboxylic acids is 1. The first kappa shape index (κ1) is 12.7. The molecule has 18 heavy (non-hydrogen) atoms. The lowest BCUT2D eigenvalue weighted by molar-refractivity contribution is 0.0659. The molecule has 0 radical (unpaired) electrons. The highest BCUT2D eigenvalue weighted by Gasteiger charge is 2.28. The Balaban J connectivity index is 2.14. The Kier molecular flexibility index (Phi) is 3.69. The summed E-state index contributed by atoms with van der Waals surface area (Å²) in [4.78, 5) is 24.8. The van der Waals surface area contributed by atoms with Gasteiger partial charge in [-0.1, -0.05) is 12.8 Å². The zero-order valence-electron chi connectivity index (χ0n) is 10.4. The first-order valence-electron chi connectivity index (χ1n) is 6.26. The molecule has 0 spiro atoms. The molecule has 0 aliphatic heterocycles. The second kappa shape index (κ2) is 5.25. The highest BCUT2D eigenvalue weighted by molar-refractivity contribution is 5.95. The van der Waals surface area contributed by atoms with Crippen LogP contribution in [-0.4, -0.2) is 34.5 Å². The van der Waals surface area contributed by atoms with Crippen LogP contribution < -0.4 is 0 Å². The molecule has 0 aromatic carbocycles. The molecule has 5 heteroatoms. The van der Waals surface area contributed by atoms with E-state index in [9.17, 15) is 9.59 Å². The third-order valence-electron chi connectivity index (χ3n) is 3.42. The minimum atomic E-state index is -1.08. The van der Waals surface area contributed by atoms with Crippen LogP contribution in [0.4, 0.5) is 0 Å². The number of hydrogen-bond donors (Lipinski definition) is 1. The fourth-order valence-corrected chi connectivity index (χ4v) is 2.49. The van der Waals surface area contributed by atoms with E-state index in [0.717, 1.165) is 31.9 Å². The van der Waals surface area contributed by atoms with Crippen LogP contribution in [-0.2, 0) is 0 Å². The largest absolute Gasteiger partial charge is 0.478 e. The molecule has 1 saturated carbocycles. The number of amides is 1. The van der Waals surface area contributed by atoms with Gasteiger partial charge in [0.2, 0.25) is 0 Å². The summed E-state index contributed by atoms with van der Waals surface area (Å²) in [5, 5.41) is 8.80. The third kappa shape index (κ3) is 2.39. The average molecular weight is 251 g/mol. The fourth-order valence-electron chi connectivity index (χ4n) is 2.49. The van der Waals surface area contributed by atoms with E-state index >= 15 is 0 Å². The van der Waals surface area contributed by atoms with Crippen molar-refractivity contribution in [1.29, 1.82) is 0 Å². The average Bonchev–Trinajstić information content (AvgIpc) is 3.01. The topological polar surface area (TPSA) is 70.8 Å². The highest BCUT2D eigenvalue weighted by atomic mass is 16.4. The molecule has 1 heterocycles. The Morgan fingerprint density at radius 2 is 2.11 bits per heavy atom. The van der Waals surface area contributed by atoms with Crippen molar-refractivity contribution < 1.29 is 19.1 Å². The van der Waals surface area contributed by atoms with Crippen LogP contribution in [0.15, 0.2) is 16.7 Å². The van der Waals surface area contributed by atoms with E-state index in [1.165, 1.54) is 6.07 Å². The minimum Gasteiger partial charge on any atom is -0.478 e. The van der Waals surface area contributed by atoms with Crippen molar-refractivity contribution in [3.05, 3.63) is 23.7 Å². The molecule has 1 aromatic heterocycles. The van der Waals surface area contributed by atoms with Gasteiger partial charge in [0.15, 0.2) is 5.76 Å². The molecule has 98 valence electrons. The van der Waals surface area contributed by atoms with Crippen LogP contribution in [0.1, 0.15) is 53.5 Å². The Bertz CT molecular complexity index is 446. The molecule has 1 aromatic rings.